The van der Waals surface area contributed by atoms with E-state index < -0.39 is 0 Å². The van der Waals surface area contributed by atoms with Gasteiger partial charge in [-0.3, -0.25) is 9.59 Å². The molecule has 2 rings (SSSR count). The van der Waals surface area contributed by atoms with E-state index in [4.69, 9.17) is 0 Å². The van der Waals surface area contributed by atoms with Gasteiger partial charge in [-0.1, -0.05) is 43.7 Å². The van der Waals surface area contributed by atoms with Gasteiger partial charge in [-0.25, -0.2) is 0 Å². The number of hydrogen-bond donors (Lipinski definition) is 1. The minimum absolute atomic E-state index is 0.114. The van der Waals surface area contributed by atoms with Crippen molar-refractivity contribution in [3.8, 4) is 0 Å². The van der Waals surface area contributed by atoms with E-state index in [1.54, 1.807) is 0 Å². The van der Waals surface area contributed by atoms with Crippen molar-refractivity contribution >= 4 is 11.8 Å². The van der Waals surface area contributed by atoms with Crippen molar-refractivity contribution in [2.45, 2.75) is 58.9 Å². The summed E-state index contributed by atoms with van der Waals surface area (Å²) >= 11 is 0. The summed E-state index contributed by atoms with van der Waals surface area (Å²) in [4.78, 5) is 26.1. The quantitative estimate of drug-likeness (QED) is 0.871. The number of nitrogens with one attached hydrogen (secondary N) is 1. The van der Waals surface area contributed by atoms with Gasteiger partial charge in [0.05, 0.1) is 0 Å². The Morgan fingerprint density at radius 3 is 2.58 bits per heavy atom. The summed E-state index contributed by atoms with van der Waals surface area (Å²) in [6.45, 7) is 7.72. The number of carbonyl (C=O) groups excluding carboxylic acids is 2. The van der Waals surface area contributed by atoms with Crippen molar-refractivity contribution in [3.63, 3.8) is 0 Å². The molecule has 0 bridgehead atoms. The molecule has 0 aliphatic carbocycles. The average molecular weight is 330 g/mol. The van der Waals surface area contributed by atoms with Gasteiger partial charge in [0, 0.05) is 32.0 Å². The molecule has 2 amide bonds. The van der Waals surface area contributed by atoms with E-state index in [1.807, 2.05) is 11.0 Å². The van der Waals surface area contributed by atoms with Crippen LogP contribution in [0.25, 0.3) is 0 Å². The maximum atomic E-state index is 12.1. The van der Waals surface area contributed by atoms with E-state index in [0.29, 0.717) is 18.8 Å². The summed E-state index contributed by atoms with van der Waals surface area (Å²) in [6, 6.07) is 8.51. The second kappa shape index (κ2) is 8.86. The zero-order valence-electron chi connectivity index (χ0n) is 15.2. The lowest BCUT2D eigenvalue weighted by Gasteiger charge is -2.33. The fourth-order valence-corrected chi connectivity index (χ4v) is 3.18. The van der Waals surface area contributed by atoms with Gasteiger partial charge in [0.2, 0.25) is 11.8 Å². The predicted molar refractivity (Wildman–Crippen MR) is 96.7 cm³/mol. The van der Waals surface area contributed by atoms with Gasteiger partial charge >= 0.3 is 0 Å². The Bertz CT molecular complexity index is 561. The van der Waals surface area contributed by atoms with Gasteiger partial charge in [-0.2, -0.15) is 0 Å². The largest absolute Gasteiger partial charge is 0.353 e. The van der Waals surface area contributed by atoms with Crippen molar-refractivity contribution < 1.29 is 9.59 Å². The van der Waals surface area contributed by atoms with E-state index in [9.17, 15) is 9.59 Å². The normalized spacial score (nSPS) is 15.6. The Morgan fingerprint density at radius 1 is 1.25 bits per heavy atom. The fraction of sp³-hybridized carbons (Fsp3) is 0.600. The lowest BCUT2D eigenvalue weighted by Crippen LogP contribution is -2.46. The average Bonchev–Trinajstić information content (AvgIpc) is 2.53. The lowest BCUT2D eigenvalue weighted by atomic mass is 10.0. The van der Waals surface area contributed by atoms with Gasteiger partial charge in [-0.15, -0.1) is 0 Å². The summed E-state index contributed by atoms with van der Waals surface area (Å²) in [5.41, 5.74) is 2.44. The third kappa shape index (κ3) is 5.99. The number of rotatable bonds is 6. The summed E-state index contributed by atoms with van der Waals surface area (Å²) in [5, 5.41) is 3.13. The highest BCUT2D eigenvalue weighted by molar-refractivity contribution is 5.77. The maximum absolute atomic E-state index is 12.1. The minimum atomic E-state index is 0.114. The second-order valence-corrected chi connectivity index (χ2v) is 7.31. The van der Waals surface area contributed by atoms with Crippen molar-refractivity contribution in [1.82, 2.24) is 10.2 Å². The molecule has 1 aliphatic rings. The molecule has 4 heteroatoms. The molecule has 132 valence electrons. The van der Waals surface area contributed by atoms with Crippen LogP contribution >= 0.6 is 0 Å². The molecule has 1 aliphatic heterocycles. The Kier molecular flexibility index (Phi) is 6.83. The maximum Gasteiger partial charge on any atom is 0.222 e. The Morgan fingerprint density at radius 2 is 1.96 bits per heavy atom. The minimum Gasteiger partial charge on any atom is -0.353 e. The van der Waals surface area contributed by atoms with E-state index in [-0.39, 0.29) is 17.9 Å². The highest BCUT2D eigenvalue weighted by Crippen LogP contribution is 2.14. The van der Waals surface area contributed by atoms with Crippen LogP contribution in [0.1, 0.15) is 50.7 Å². The van der Waals surface area contributed by atoms with Gasteiger partial charge in [0.25, 0.3) is 0 Å². The zero-order valence-corrected chi connectivity index (χ0v) is 15.2. The van der Waals surface area contributed by atoms with Crippen LogP contribution < -0.4 is 5.32 Å². The highest BCUT2D eigenvalue weighted by Gasteiger charge is 2.23. The van der Waals surface area contributed by atoms with E-state index in [0.717, 1.165) is 32.4 Å². The summed E-state index contributed by atoms with van der Waals surface area (Å²) in [7, 11) is 0. The first-order valence-corrected chi connectivity index (χ1v) is 9.06. The van der Waals surface area contributed by atoms with Crippen LogP contribution in [-0.2, 0) is 16.0 Å². The Balaban J connectivity index is 1.69. The zero-order chi connectivity index (χ0) is 17.5. The molecule has 0 aromatic heterocycles. The third-order valence-electron chi connectivity index (χ3n) is 4.52. The summed E-state index contributed by atoms with van der Waals surface area (Å²) < 4.78 is 0. The molecule has 0 spiro atoms. The van der Waals surface area contributed by atoms with Gasteiger partial charge in [-0.05, 0) is 37.7 Å². The SMILES string of the molecule is Cc1cccc(CCC(=O)NC2CCN(C(=O)CC(C)C)CC2)c1. The van der Waals surface area contributed by atoms with Crippen molar-refractivity contribution in [2.75, 3.05) is 13.1 Å². The Hall–Kier alpha value is -1.84. The molecular formula is C20H30N2O2. The van der Waals surface area contributed by atoms with Crippen LogP contribution in [0.2, 0.25) is 0 Å². The standard InChI is InChI=1S/C20H30N2O2/c1-15(2)13-20(24)22-11-9-18(10-12-22)21-19(23)8-7-17-6-4-5-16(3)14-17/h4-6,14-15,18H,7-13H2,1-3H3,(H,21,23). The van der Waals surface area contributed by atoms with E-state index >= 15 is 0 Å². The predicted octanol–water partition coefficient (Wildman–Crippen LogP) is 3.08. The molecule has 1 N–H and O–H groups in total. The van der Waals surface area contributed by atoms with Gasteiger partial charge in [0.15, 0.2) is 0 Å². The van der Waals surface area contributed by atoms with E-state index in [1.165, 1.54) is 11.1 Å². The molecule has 1 aromatic rings. The van der Waals surface area contributed by atoms with Crippen LogP contribution in [0.15, 0.2) is 24.3 Å². The van der Waals surface area contributed by atoms with Gasteiger partial charge in [0.1, 0.15) is 0 Å². The van der Waals surface area contributed by atoms with Gasteiger partial charge < -0.3 is 10.2 Å². The lowest BCUT2D eigenvalue weighted by molar-refractivity contribution is -0.133. The number of piperidine rings is 1. The molecule has 24 heavy (non-hydrogen) atoms. The topological polar surface area (TPSA) is 49.4 Å². The molecule has 1 aromatic carbocycles. The van der Waals surface area contributed by atoms with Crippen LogP contribution in [0, 0.1) is 12.8 Å². The first-order valence-electron chi connectivity index (χ1n) is 9.06. The van der Waals surface area contributed by atoms with Crippen molar-refractivity contribution in [1.29, 1.82) is 0 Å². The first kappa shape index (κ1) is 18.5. The third-order valence-corrected chi connectivity index (χ3v) is 4.52. The number of likely N-dealkylation sites (tertiary alicyclic amines) is 1. The molecule has 1 fully saturated rings. The molecular weight excluding hydrogens is 300 g/mol. The fourth-order valence-electron chi connectivity index (χ4n) is 3.18. The van der Waals surface area contributed by atoms with Crippen LogP contribution in [0.5, 0.6) is 0 Å². The molecule has 1 heterocycles. The molecule has 0 unspecified atom stereocenters. The second-order valence-electron chi connectivity index (χ2n) is 7.31. The Labute approximate surface area is 145 Å². The van der Waals surface area contributed by atoms with Crippen LogP contribution in [0.4, 0.5) is 0 Å². The van der Waals surface area contributed by atoms with Crippen molar-refractivity contribution in [2.24, 2.45) is 5.92 Å². The van der Waals surface area contributed by atoms with Crippen molar-refractivity contribution in [3.05, 3.63) is 35.4 Å². The number of amides is 2. The van der Waals surface area contributed by atoms with Crippen LogP contribution in [0.3, 0.4) is 0 Å². The number of benzene rings is 1. The number of carbonyl (C=O) groups is 2. The summed E-state index contributed by atoms with van der Waals surface area (Å²) in [5.74, 6) is 0.759. The summed E-state index contributed by atoms with van der Waals surface area (Å²) in [6.07, 6.45) is 3.64. The molecule has 4 nitrogen and oxygen atoms in total. The number of hydrogen-bond acceptors (Lipinski definition) is 2. The number of aryl methyl sites for hydroxylation is 2. The molecule has 0 atom stereocenters. The monoisotopic (exact) mass is 330 g/mol. The first-order chi connectivity index (χ1) is 11.4. The smallest absolute Gasteiger partial charge is 0.222 e. The highest BCUT2D eigenvalue weighted by atomic mass is 16.2. The van der Waals surface area contributed by atoms with Crippen LogP contribution in [-0.4, -0.2) is 35.8 Å². The molecule has 1 saturated heterocycles. The molecule has 0 saturated carbocycles. The molecule has 0 radical (unpaired) electrons. The van der Waals surface area contributed by atoms with E-state index in [2.05, 4.69) is 44.3 Å². The number of nitrogens with zero attached hydrogens (tertiary/aromatic N) is 1.